The SMILES string of the molecule is O=C(Nc1nc(-c2ccc(Cl)c(Cl)c2)cs1)c1ccc(NS(=O)(=O)c2ccccc2)cc1. The smallest absolute Gasteiger partial charge is 0.261 e. The molecule has 162 valence electrons. The zero-order chi connectivity index (χ0) is 22.7. The maximum Gasteiger partial charge on any atom is 0.261 e. The van der Waals surface area contributed by atoms with Gasteiger partial charge in [0, 0.05) is 22.2 Å². The average Bonchev–Trinajstić information content (AvgIpc) is 3.25. The molecule has 4 aromatic rings. The molecular formula is C22H15Cl2N3O3S2. The van der Waals surface area contributed by atoms with Gasteiger partial charge in [-0.25, -0.2) is 13.4 Å². The van der Waals surface area contributed by atoms with Crippen molar-refractivity contribution in [2.45, 2.75) is 4.90 Å². The summed E-state index contributed by atoms with van der Waals surface area (Å²) in [6.07, 6.45) is 0. The molecule has 4 rings (SSSR count). The normalized spacial score (nSPS) is 11.2. The van der Waals surface area contributed by atoms with E-state index in [-0.39, 0.29) is 10.8 Å². The van der Waals surface area contributed by atoms with Gasteiger partial charge in [0.25, 0.3) is 15.9 Å². The molecule has 2 N–H and O–H groups in total. The molecule has 10 heteroatoms. The van der Waals surface area contributed by atoms with Crippen LogP contribution in [0, 0.1) is 0 Å². The van der Waals surface area contributed by atoms with Crippen LogP contribution >= 0.6 is 34.5 Å². The first kappa shape index (κ1) is 22.3. The second-order valence-corrected chi connectivity index (χ2v) is 9.97. The van der Waals surface area contributed by atoms with Crippen LogP contribution in [0.1, 0.15) is 10.4 Å². The highest BCUT2D eigenvalue weighted by atomic mass is 35.5. The molecule has 0 fully saturated rings. The zero-order valence-corrected chi connectivity index (χ0v) is 19.4. The third kappa shape index (κ3) is 5.11. The molecule has 0 aliphatic rings. The number of aromatic nitrogens is 1. The van der Waals surface area contributed by atoms with Crippen LogP contribution in [0.25, 0.3) is 11.3 Å². The van der Waals surface area contributed by atoms with Crippen LogP contribution in [-0.4, -0.2) is 19.3 Å². The fourth-order valence-corrected chi connectivity index (χ4v) is 4.88. The lowest BCUT2D eigenvalue weighted by molar-refractivity contribution is 0.102. The van der Waals surface area contributed by atoms with Gasteiger partial charge in [-0.15, -0.1) is 11.3 Å². The molecule has 0 atom stereocenters. The van der Waals surface area contributed by atoms with E-state index in [9.17, 15) is 13.2 Å². The summed E-state index contributed by atoms with van der Waals surface area (Å²) in [6.45, 7) is 0. The molecule has 0 radical (unpaired) electrons. The van der Waals surface area contributed by atoms with Gasteiger partial charge in [-0.1, -0.05) is 47.5 Å². The fraction of sp³-hybridized carbons (Fsp3) is 0. The van der Waals surface area contributed by atoms with Crippen LogP contribution in [-0.2, 0) is 10.0 Å². The minimum Gasteiger partial charge on any atom is -0.298 e. The van der Waals surface area contributed by atoms with Crippen LogP contribution < -0.4 is 10.0 Å². The van der Waals surface area contributed by atoms with E-state index in [4.69, 9.17) is 23.2 Å². The largest absolute Gasteiger partial charge is 0.298 e. The summed E-state index contributed by atoms with van der Waals surface area (Å²) < 4.78 is 27.3. The number of nitrogens with one attached hydrogen (secondary N) is 2. The number of hydrogen-bond acceptors (Lipinski definition) is 5. The molecule has 6 nitrogen and oxygen atoms in total. The number of sulfonamides is 1. The molecule has 1 aromatic heterocycles. The van der Waals surface area contributed by atoms with Gasteiger partial charge in [-0.2, -0.15) is 0 Å². The van der Waals surface area contributed by atoms with E-state index in [0.717, 1.165) is 5.56 Å². The monoisotopic (exact) mass is 503 g/mol. The number of rotatable bonds is 6. The summed E-state index contributed by atoms with van der Waals surface area (Å²) in [5.41, 5.74) is 2.15. The standard InChI is InChI=1S/C22H15Cl2N3O3S2/c23-18-11-8-15(12-19(18)24)20-13-31-22(25-20)26-21(28)14-6-9-16(10-7-14)27-32(29,30)17-4-2-1-3-5-17/h1-13,27H,(H,25,26,28). The summed E-state index contributed by atoms with van der Waals surface area (Å²) in [4.78, 5) is 17.1. The molecule has 0 saturated heterocycles. The Hall–Kier alpha value is -2.91. The minimum absolute atomic E-state index is 0.156. The Bertz CT molecular complexity index is 1370. The van der Waals surface area contributed by atoms with Gasteiger partial charge in [-0.05, 0) is 48.5 Å². The van der Waals surface area contributed by atoms with Crippen LogP contribution in [0.2, 0.25) is 10.0 Å². The van der Waals surface area contributed by atoms with Gasteiger partial charge in [0.1, 0.15) is 0 Å². The molecule has 1 heterocycles. The quantitative estimate of drug-likeness (QED) is 0.329. The van der Waals surface area contributed by atoms with Gasteiger partial charge in [0.2, 0.25) is 0 Å². The average molecular weight is 504 g/mol. The molecule has 0 aliphatic heterocycles. The molecule has 32 heavy (non-hydrogen) atoms. The van der Waals surface area contributed by atoms with Crippen molar-refractivity contribution in [1.29, 1.82) is 0 Å². The molecular weight excluding hydrogens is 489 g/mol. The minimum atomic E-state index is -3.70. The van der Waals surface area contributed by atoms with Crippen molar-refractivity contribution in [3.8, 4) is 11.3 Å². The van der Waals surface area contributed by atoms with Gasteiger partial charge in [-0.3, -0.25) is 14.8 Å². The van der Waals surface area contributed by atoms with Gasteiger partial charge >= 0.3 is 0 Å². The van der Waals surface area contributed by atoms with Crippen molar-refractivity contribution in [2.24, 2.45) is 0 Å². The van der Waals surface area contributed by atoms with Crippen molar-refractivity contribution in [3.63, 3.8) is 0 Å². The first-order valence-electron chi connectivity index (χ1n) is 9.22. The first-order chi connectivity index (χ1) is 15.3. The van der Waals surface area contributed by atoms with Gasteiger partial charge in [0.05, 0.1) is 20.6 Å². The lowest BCUT2D eigenvalue weighted by atomic mass is 10.2. The van der Waals surface area contributed by atoms with Crippen molar-refractivity contribution < 1.29 is 13.2 Å². The van der Waals surface area contributed by atoms with Crippen LogP contribution in [0.4, 0.5) is 10.8 Å². The number of anilines is 2. The number of nitrogens with zero attached hydrogens (tertiary/aromatic N) is 1. The van der Waals surface area contributed by atoms with Crippen molar-refractivity contribution in [2.75, 3.05) is 10.0 Å². The fourth-order valence-electron chi connectivity index (χ4n) is 2.79. The molecule has 1 amide bonds. The highest BCUT2D eigenvalue weighted by molar-refractivity contribution is 7.92. The molecule has 0 saturated carbocycles. The Labute approximate surface area is 198 Å². The summed E-state index contributed by atoms with van der Waals surface area (Å²) in [7, 11) is -3.70. The third-order valence-corrected chi connectivity index (χ3v) is 7.29. The molecule has 0 spiro atoms. The molecule has 0 bridgehead atoms. The summed E-state index contributed by atoms with van der Waals surface area (Å²) in [5, 5.41) is 5.84. The Morgan fingerprint density at radius 2 is 1.62 bits per heavy atom. The van der Waals surface area contributed by atoms with Crippen LogP contribution in [0.3, 0.4) is 0 Å². The Kier molecular flexibility index (Phi) is 6.48. The molecule has 0 unspecified atom stereocenters. The number of amides is 1. The number of halogens is 2. The Morgan fingerprint density at radius 1 is 0.906 bits per heavy atom. The van der Waals surface area contributed by atoms with E-state index in [1.807, 2.05) is 0 Å². The van der Waals surface area contributed by atoms with E-state index in [2.05, 4.69) is 15.0 Å². The van der Waals surface area contributed by atoms with Gasteiger partial charge < -0.3 is 0 Å². The number of hydrogen-bond donors (Lipinski definition) is 2. The Morgan fingerprint density at radius 3 is 2.31 bits per heavy atom. The highest BCUT2D eigenvalue weighted by Crippen LogP contribution is 2.30. The maximum atomic E-state index is 12.6. The van der Waals surface area contributed by atoms with E-state index >= 15 is 0 Å². The second kappa shape index (κ2) is 9.30. The van der Waals surface area contributed by atoms with Crippen LogP contribution in [0.15, 0.2) is 83.1 Å². The predicted molar refractivity (Wildman–Crippen MR) is 129 cm³/mol. The molecule has 3 aromatic carbocycles. The van der Waals surface area contributed by atoms with Gasteiger partial charge in [0.15, 0.2) is 5.13 Å². The van der Waals surface area contributed by atoms with E-state index in [1.165, 1.54) is 47.7 Å². The van der Waals surface area contributed by atoms with E-state index < -0.39 is 10.0 Å². The van der Waals surface area contributed by atoms with Crippen LogP contribution in [0.5, 0.6) is 0 Å². The third-order valence-electron chi connectivity index (χ3n) is 4.39. The summed E-state index contributed by atoms with van der Waals surface area (Å²) in [6, 6.07) is 19.3. The Balaban J connectivity index is 1.43. The highest BCUT2D eigenvalue weighted by Gasteiger charge is 2.15. The van der Waals surface area contributed by atoms with Crippen molar-refractivity contribution >= 4 is 61.3 Å². The number of thiazole rings is 1. The number of benzene rings is 3. The molecule has 0 aliphatic carbocycles. The lowest BCUT2D eigenvalue weighted by Crippen LogP contribution is -2.14. The van der Waals surface area contributed by atoms with E-state index in [0.29, 0.717) is 32.1 Å². The summed E-state index contributed by atoms with van der Waals surface area (Å²) in [5.74, 6) is -0.363. The number of carbonyl (C=O) groups is 1. The predicted octanol–water partition coefficient (Wildman–Crippen LogP) is 6.17. The second-order valence-electron chi connectivity index (χ2n) is 6.62. The summed E-state index contributed by atoms with van der Waals surface area (Å²) >= 11 is 13.3. The maximum absolute atomic E-state index is 12.6. The van der Waals surface area contributed by atoms with Crippen molar-refractivity contribution in [3.05, 3.63) is 93.8 Å². The zero-order valence-electron chi connectivity index (χ0n) is 16.2. The van der Waals surface area contributed by atoms with E-state index in [1.54, 1.807) is 41.8 Å². The first-order valence-corrected chi connectivity index (χ1v) is 12.3. The topological polar surface area (TPSA) is 88.2 Å². The lowest BCUT2D eigenvalue weighted by Gasteiger charge is -2.08. The van der Waals surface area contributed by atoms with Crippen molar-refractivity contribution in [1.82, 2.24) is 4.98 Å². The number of carbonyl (C=O) groups excluding carboxylic acids is 1.